The van der Waals surface area contributed by atoms with Crippen LogP contribution in [0.4, 0.5) is 10.1 Å². The molecule has 0 atom stereocenters. The Morgan fingerprint density at radius 1 is 0.947 bits per heavy atom. The first-order valence-electron chi connectivity index (χ1n) is 12.4. The number of carbonyl (C=O) groups is 2. The van der Waals surface area contributed by atoms with Crippen molar-refractivity contribution in [2.24, 2.45) is 0 Å². The number of amides is 2. The van der Waals surface area contributed by atoms with E-state index in [1.165, 1.54) is 23.9 Å². The third kappa shape index (κ3) is 5.71. The van der Waals surface area contributed by atoms with Gasteiger partial charge < -0.3 is 10.2 Å². The second-order valence-electron chi connectivity index (χ2n) is 9.33. The average Bonchev–Trinajstić information content (AvgIpc) is 2.93. The van der Waals surface area contributed by atoms with E-state index in [4.69, 9.17) is 0 Å². The summed E-state index contributed by atoms with van der Waals surface area (Å²) in [6, 6.07) is 27.5. The van der Waals surface area contributed by atoms with Crippen LogP contribution in [0.25, 0.3) is 6.08 Å². The number of anilines is 1. The summed E-state index contributed by atoms with van der Waals surface area (Å²) in [6.07, 6.45) is 1.87. The van der Waals surface area contributed by atoms with Crippen LogP contribution in [0, 0.1) is 19.7 Å². The number of para-hydroxylation sites is 1. The van der Waals surface area contributed by atoms with E-state index < -0.39 is 0 Å². The van der Waals surface area contributed by atoms with E-state index in [2.05, 4.69) is 37.4 Å². The number of rotatable bonds is 6. The van der Waals surface area contributed by atoms with E-state index >= 15 is 0 Å². The number of hydrogen-bond donors (Lipinski definition) is 1. The van der Waals surface area contributed by atoms with Gasteiger partial charge in [-0.15, -0.1) is 0 Å². The van der Waals surface area contributed by atoms with Crippen molar-refractivity contribution in [3.63, 3.8) is 0 Å². The van der Waals surface area contributed by atoms with Crippen LogP contribution in [0.15, 0.2) is 101 Å². The minimum atomic E-state index is -0.309. The highest BCUT2D eigenvalue weighted by atomic mass is 32.2. The number of nitrogens with one attached hydrogen (secondary N) is 1. The number of fused-ring (bicyclic) bond motifs is 1. The van der Waals surface area contributed by atoms with Gasteiger partial charge in [-0.2, -0.15) is 0 Å². The van der Waals surface area contributed by atoms with E-state index in [0.717, 1.165) is 38.4 Å². The Hall–Kier alpha value is -4.16. The molecule has 4 aromatic rings. The monoisotopic (exact) mass is 522 g/mol. The average molecular weight is 523 g/mol. The number of nitrogens with zero attached hydrogens (tertiary/aromatic N) is 1. The molecule has 0 unspecified atom stereocenters. The molecule has 1 N–H and O–H groups in total. The van der Waals surface area contributed by atoms with Crippen LogP contribution in [0.5, 0.6) is 0 Å². The van der Waals surface area contributed by atoms with Crippen LogP contribution >= 0.6 is 11.8 Å². The van der Waals surface area contributed by atoms with Gasteiger partial charge in [-0.1, -0.05) is 71.9 Å². The second kappa shape index (κ2) is 11.1. The van der Waals surface area contributed by atoms with Gasteiger partial charge in [0.15, 0.2) is 0 Å². The lowest BCUT2D eigenvalue weighted by Crippen LogP contribution is -2.34. The summed E-state index contributed by atoms with van der Waals surface area (Å²) in [5.74, 6) is -0.572. The Morgan fingerprint density at radius 3 is 2.45 bits per heavy atom. The van der Waals surface area contributed by atoms with Gasteiger partial charge in [-0.3, -0.25) is 9.59 Å². The molecule has 1 heterocycles. The Balaban J connectivity index is 1.34. The predicted molar refractivity (Wildman–Crippen MR) is 151 cm³/mol. The molecule has 0 radical (unpaired) electrons. The van der Waals surface area contributed by atoms with Crippen molar-refractivity contribution >= 4 is 35.3 Å². The van der Waals surface area contributed by atoms with Crippen molar-refractivity contribution in [3.8, 4) is 0 Å². The van der Waals surface area contributed by atoms with Gasteiger partial charge in [0.2, 0.25) is 0 Å². The second-order valence-corrected chi connectivity index (χ2v) is 10.4. The van der Waals surface area contributed by atoms with Crippen molar-refractivity contribution in [3.05, 3.63) is 135 Å². The molecule has 1 aliphatic heterocycles. The number of carbonyl (C=O) groups excluding carboxylic acids is 2. The lowest BCUT2D eigenvalue weighted by Gasteiger charge is -2.31. The van der Waals surface area contributed by atoms with Crippen molar-refractivity contribution in [1.29, 1.82) is 0 Å². The number of aryl methyl sites for hydroxylation is 2. The number of hydrogen-bond acceptors (Lipinski definition) is 3. The van der Waals surface area contributed by atoms with Crippen molar-refractivity contribution in [2.45, 2.75) is 31.8 Å². The maximum absolute atomic E-state index is 13.7. The zero-order chi connectivity index (χ0) is 26.6. The lowest BCUT2D eigenvalue weighted by atomic mass is 10.0. The minimum Gasteiger partial charge on any atom is -0.348 e. The van der Waals surface area contributed by atoms with Crippen LogP contribution in [0.3, 0.4) is 0 Å². The molecule has 0 spiro atoms. The van der Waals surface area contributed by atoms with E-state index in [-0.39, 0.29) is 17.6 Å². The van der Waals surface area contributed by atoms with Gasteiger partial charge in [0.1, 0.15) is 5.82 Å². The number of thioether (sulfide) groups is 1. The van der Waals surface area contributed by atoms with E-state index in [9.17, 15) is 14.0 Å². The SMILES string of the molecule is Cc1ccc(C)c(CN2C(=O)C(=Cc3ccc(C(=O)NCc4ccc(F)cc4)cc3)Sc3ccccc32)c1. The maximum atomic E-state index is 13.7. The summed E-state index contributed by atoms with van der Waals surface area (Å²) in [7, 11) is 0. The van der Waals surface area contributed by atoms with Crippen molar-refractivity contribution < 1.29 is 14.0 Å². The standard InChI is InChI=1S/C32H27FN2O2S/c1-21-7-8-22(2)26(17-21)20-35-28-5-3-4-6-29(28)38-30(32(35)37)18-23-9-13-25(14-10-23)31(36)34-19-24-11-15-27(33)16-12-24/h3-18H,19-20H2,1-2H3,(H,34,36). The summed E-state index contributed by atoms with van der Waals surface area (Å²) in [4.78, 5) is 29.7. The van der Waals surface area contributed by atoms with Crippen LogP contribution in [-0.2, 0) is 17.9 Å². The third-order valence-electron chi connectivity index (χ3n) is 6.50. The normalized spacial score (nSPS) is 13.9. The Morgan fingerprint density at radius 2 is 1.68 bits per heavy atom. The van der Waals surface area contributed by atoms with E-state index in [1.54, 1.807) is 24.3 Å². The Kier molecular flexibility index (Phi) is 7.43. The van der Waals surface area contributed by atoms with Crippen LogP contribution in [0.1, 0.15) is 38.2 Å². The first-order chi connectivity index (χ1) is 18.4. The molecule has 0 saturated carbocycles. The van der Waals surface area contributed by atoms with Gasteiger partial charge in [-0.25, -0.2) is 4.39 Å². The molecule has 6 heteroatoms. The molecular weight excluding hydrogens is 495 g/mol. The molecule has 2 amide bonds. The Bertz CT molecular complexity index is 1530. The molecule has 0 aromatic heterocycles. The molecule has 0 fully saturated rings. The molecule has 5 rings (SSSR count). The first kappa shape index (κ1) is 25.5. The van der Waals surface area contributed by atoms with E-state index in [0.29, 0.717) is 23.6 Å². The van der Waals surface area contributed by atoms with Crippen LogP contribution < -0.4 is 10.2 Å². The minimum absolute atomic E-state index is 0.0456. The number of halogens is 1. The van der Waals surface area contributed by atoms with Gasteiger partial charge >= 0.3 is 0 Å². The van der Waals surface area contributed by atoms with Crippen LogP contribution in [0.2, 0.25) is 0 Å². The molecule has 0 saturated heterocycles. The molecule has 4 aromatic carbocycles. The first-order valence-corrected chi connectivity index (χ1v) is 13.2. The fraction of sp³-hybridized carbons (Fsp3) is 0.125. The summed E-state index contributed by atoms with van der Waals surface area (Å²) in [6.45, 7) is 4.93. The van der Waals surface area contributed by atoms with Gasteiger partial charge in [0, 0.05) is 17.0 Å². The highest BCUT2D eigenvalue weighted by Crippen LogP contribution is 2.42. The molecular formula is C32H27FN2O2S. The predicted octanol–water partition coefficient (Wildman–Crippen LogP) is 7.05. The van der Waals surface area contributed by atoms with Crippen molar-refractivity contribution in [2.75, 3.05) is 4.90 Å². The zero-order valence-corrected chi connectivity index (χ0v) is 22.0. The van der Waals surface area contributed by atoms with Gasteiger partial charge in [0.05, 0.1) is 17.1 Å². The van der Waals surface area contributed by atoms with Crippen LogP contribution in [-0.4, -0.2) is 11.8 Å². The van der Waals surface area contributed by atoms with Crippen molar-refractivity contribution in [1.82, 2.24) is 5.32 Å². The highest BCUT2D eigenvalue weighted by Gasteiger charge is 2.29. The zero-order valence-electron chi connectivity index (χ0n) is 21.2. The summed E-state index contributed by atoms with van der Waals surface area (Å²) >= 11 is 1.46. The summed E-state index contributed by atoms with van der Waals surface area (Å²) in [5, 5.41) is 2.85. The highest BCUT2D eigenvalue weighted by molar-refractivity contribution is 8.04. The third-order valence-corrected chi connectivity index (χ3v) is 7.58. The fourth-order valence-corrected chi connectivity index (χ4v) is 5.39. The molecule has 190 valence electrons. The molecule has 1 aliphatic rings. The maximum Gasteiger partial charge on any atom is 0.265 e. The van der Waals surface area contributed by atoms with Gasteiger partial charge in [-0.05, 0) is 78.6 Å². The lowest BCUT2D eigenvalue weighted by molar-refractivity contribution is -0.114. The Labute approximate surface area is 226 Å². The quantitative estimate of drug-likeness (QED) is 0.276. The summed E-state index contributed by atoms with van der Waals surface area (Å²) < 4.78 is 13.1. The fourth-order valence-electron chi connectivity index (χ4n) is 4.33. The topological polar surface area (TPSA) is 49.4 Å². The largest absolute Gasteiger partial charge is 0.348 e. The smallest absolute Gasteiger partial charge is 0.265 e. The summed E-state index contributed by atoms with van der Waals surface area (Å²) in [5.41, 5.74) is 6.51. The number of benzene rings is 4. The molecule has 38 heavy (non-hydrogen) atoms. The van der Waals surface area contributed by atoms with Gasteiger partial charge in [0.25, 0.3) is 11.8 Å². The molecule has 4 nitrogen and oxygen atoms in total. The molecule has 0 bridgehead atoms. The van der Waals surface area contributed by atoms with E-state index in [1.807, 2.05) is 47.4 Å². The molecule has 0 aliphatic carbocycles.